The van der Waals surface area contributed by atoms with Gasteiger partial charge in [0.1, 0.15) is 0 Å². The molecule has 0 saturated carbocycles. The lowest BCUT2D eigenvalue weighted by atomic mass is 9.95. The molecule has 0 spiro atoms. The number of aromatic nitrogens is 2. The van der Waals surface area contributed by atoms with Gasteiger partial charge in [-0.2, -0.15) is 0 Å². The summed E-state index contributed by atoms with van der Waals surface area (Å²) in [6, 6.07) is 0.399. The molecular formula is C13H23N3O. The zero-order valence-corrected chi connectivity index (χ0v) is 11.2. The lowest BCUT2D eigenvalue weighted by Gasteiger charge is -2.22. The van der Waals surface area contributed by atoms with Crippen molar-refractivity contribution in [1.29, 1.82) is 0 Å². The van der Waals surface area contributed by atoms with Crippen LogP contribution in [0.3, 0.4) is 0 Å². The number of nitrogens with zero attached hydrogens (tertiary/aromatic N) is 2. The van der Waals surface area contributed by atoms with Crippen LogP contribution in [0.1, 0.15) is 45.7 Å². The second kappa shape index (κ2) is 7.22. The molecule has 17 heavy (non-hydrogen) atoms. The van der Waals surface area contributed by atoms with Crippen LogP contribution in [0, 0.1) is 0 Å². The van der Waals surface area contributed by atoms with Gasteiger partial charge in [0.05, 0.1) is 18.5 Å². The Hall–Kier alpha value is -1.16. The van der Waals surface area contributed by atoms with E-state index < -0.39 is 0 Å². The molecule has 0 bridgehead atoms. The smallest absolute Gasteiger partial charge is 0.232 e. The average Bonchev–Trinajstić information content (AvgIpc) is 2.31. The number of hydrogen-bond donors (Lipinski definition) is 1. The molecule has 0 fully saturated rings. The first-order valence-corrected chi connectivity index (χ1v) is 6.40. The Bertz CT molecular complexity index is 330. The van der Waals surface area contributed by atoms with E-state index in [2.05, 4.69) is 36.1 Å². The van der Waals surface area contributed by atoms with Crippen LogP contribution in [0.5, 0.6) is 5.88 Å². The summed E-state index contributed by atoms with van der Waals surface area (Å²) in [6.07, 6.45) is 4.54. The summed E-state index contributed by atoms with van der Waals surface area (Å²) < 4.78 is 5.39. The van der Waals surface area contributed by atoms with E-state index in [-0.39, 0.29) is 0 Å². The molecule has 2 unspecified atom stereocenters. The molecule has 1 aromatic heterocycles. The third-order valence-corrected chi connectivity index (χ3v) is 2.87. The Labute approximate surface area is 104 Å². The molecule has 1 aromatic rings. The molecule has 4 nitrogen and oxygen atoms in total. The van der Waals surface area contributed by atoms with Gasteiger partial charge in [0.2, 0.25) is 5.88 Å². The highest BCUT2D eigenvalue weighted by Crippen LogP contribution is 2.22. The van der Waals surface area contributed by atoms with E-state index in [0.29, 0.717) is 24.4 Å². The molecule has 2 atom stereocenters. The Morgan fingerprint density at radius 2 is 2.06 bits per heavy atom. The highest BCUT2D eigenvalue weighted by Gasteiger charge is 2.18. The van der Waals surface area contributed by atoms with E-state index in [4.69, 9.17) is 4.74 Å². The largest absolute Gasteiger partial charge is 0.477 e. The first kappa shape index (κ1) is 13.9. The first-order chi connectivity index (χ1) is 8.22. The Balaban J connectivity index is 2.83. The summed E-state index contributed by atoms with van der Waals surface area (Å²) in [6.45, 7) is 10.0. The SMILES string of the molecule is CCNC(C)C(CC)c1cncc(OCC)n1. The number of nitrogens with one attached hydrogen (secondary N) is 1. The molecule has 1 N–H and O–H groups in total. The number of hydrogen-bond acceptors (Lipinski definition) is 4. The Kier molecular flexibility index (Phi) is 5.91. The van der Waals surface area contributed by atoms with Gasteiger partial charge in [-0.1, -0.05) is 13.8 Å². The van der Waals surface area contributed by atoms with Gasteiger partial charge in [0.25, 0.3) is 0 Å². The molecule has 1 heterocycles. The summed E-state index contributed by atoms with van der Waals surface area (Å²) in [5.41, 5.74) is 1.01. The van der Waals surface area contributed by atoms with E-state index in [1.807, 2.05) is 13.1 Å². The summed E-state index contributed by atoms with van der Waals surface area (Å²) in [4.78, 5) is 8.71. The van der Waals surface area contributed by atoms with Gasteiger partial charge >= 0.3 is 0 Å². The van der Waals surface area contributed by atoms with Crippen molar-refractivity contribution < 1.29 is 4.74 Å². The molecule has 4 heteroatoms. The predicted octanol–water partition coefficient (Wildman–Crippen LogP) is 2.37. The van der Waals surface area contributed by atoms with E-state index in [9.17, 15) is 0 Å². The Morgan fingerprint density at radius 3 is 2.65 bits per heavy atom. The summed E-state index contributed by atoms with van der Waals surface area (Å²) in [5, 5.41) is 3.44. The van der Waals surface area contributed by atoms with Crippen molar-refractivity contribution in [2.24, 2.45) is 0 Å². The van der Waals surface area contributed by atoms with Crippen LogP contribution in [0.2, 0.25) is 0 Å². The maximum absolute atomic E-state index is 5.39. The van der Waals surface area contributed by atoms with Crippen LogP contribution in [0.25, 0.3) is 0 Å². The van der Waals surface area contributed by atoms with E-state index in [1.54, 1.807) is 6.20 Å². The van der Waals surface area contributed by atoms with Crippen LogP contribution >= 0.6 is 0 Å². The highest BCUT2D eigenvalue weighted by atomic mass is 16.5. The molecule has 0 amide bonds. The van der Waals surface area contributed by atoms with Crippen molar-refractivity contribution in [1.82, 2.24) is 15.3 Å². The van der Waals surface area contributed by atoms with Crippen molar-refractivity contribution in [3.05, 3.63) is 18.1 Å². The van der Waals surface area contributed by atoms with Crippen LogP contribution in [-0.2, 0) is 0 Å². The zero-order chi connectivity index (χ0) is 12.7. The predicted molar refractivity (Wildman–Crippen MR) is 69.4 cm³/mol. The minimum atomic E-state index is 0.378. The Morgan fingerprint density at radius 1 is 1.29 bits per heavy atom. The van der Waals surface area contributed by atoms with Gasteiger partial charge < -0.3 is 10.1 Å². The first-order valence-electron chi connectivity index (χ1n) is 6.40. The second-order valence-corrected chi connectivity index (χ2v) is 4.08. The fourth-order valence-electron chi connectivity index (χ4n) is 2.04. The zero-order valence-electron chi connectivity index (χ0n) is 11.2. The highest BCUT2D eigenvalue weighted by molar-refractivity contribution is 5.13. The van der Waals surface area contributed by atoms with Crippen LogP contribution in [0.15, 0.2) is 12.4 Å². The minimum Gasteiger partial charge on any atom is -0.477 e. The number of ether oxygens (including phenoxy) is 1. The maximum Gasteiger partial charge on any atom is 0.232 e. The number of rotatable bonds is 7. The van der Waals surface area contributed by atoms with E-state index >= 15 is 0 Å². The fourth-order valence-corrected chi connectivity index (χ4v) is 2.04. The molecule has 0 aromatic carbocycles. The van der Waals surface area contributed by atoms with Gasteiger partial charge in [-0.05, 0) is 26.8 Å². The second-order valence-electron chi connectivity index (χ2n) is 4.08. The molecule has 96 valence electrons. The van der Waals surface area contributed by atoms with Crippen LogP contribution in [-0.4, -0.2) is 29.2 Å². The number of likely N-dealkylation sites (N-methyl/N-ethyl adjacent to an activating group) is 1. The fraction of sp³-hybridized carbons (Fsp3) is 0.692. The third-order valence-electron chi connectivity index (χ3n) is 2.87. The van der Waals surface area contributed by atoms with Crippen LogP contribution in [0.4, 0.5) is 0 Å². The van der Waals surface area contributed by atoms with Gasteiger partial charge in [0.15, 0.2) is 0 Å². The third kappa shape index (κ3) is 3.97. The van der Waals surface area contributed by atoms with Gasteiger partial charge in [-0.15, -0.1) is 0 Å². The normalized spacial score (nSPS) is 14.4. The molecule has 0 radical (unpaired) electrons. The minimum absolute atomic E-state index is 0.378. The van der Waals surface area contributed by atoms with Gasteiger partial charge in [-0.3, -0.25) is 4.98 Å². The molecular weight excluding hydrogens is 214 g/mol. The quantitative estimate of drug-likeness (QED) is 0.791. The maximum atomic E-state index is 5.39. The average molecular weight is 237 g/mol. The summed E-state index contributed by atoms with van der Waals surface area (Å²) in [5.74, 6) is 0.995. The molecule has 0 aliphatic heterocycles. The van der Waals surface area contributed by atoms with E-state index in [0.717, 1.165) is 18.7 Å². The van der Waals surface area contributed by atoms with Gasteiger partial charge in [0, 0.05) is 18.2 Å². The van der Waals surface area contributed by atoms with Crippen molar-refractivity contribution >= 4 is 0 Å². The van der Waals surface area contributed by atoms with Crippen molar-refractivity contribution in [3.8, 4) is 5.88 Å². The van der Waals surface area contributed by atoms with Crippen molar-refractivity contribution in [3.63, 3.8) is 0 Å². The summed E-state index contributed by atoms with van der Waals surface area (Å²) >= 11 is 0. The monoisotopic (exact) mass is 237 g/mol. The molecule has 1 rings (SSSR count). The van der Waals surface area contributed by atoms with Crippen molar-refractivity contribution in [2.75, 3.05) is 13.2 Å². The van der Waals surface area contributed by atoms with Crippen molar-refractivity contribution in [2.45, 2.75) is 46.1 Å². The molecule has 0 saturated heterocycles. The molecule has 0 aliphatic carbocycles. The summed E-state index contributed by atoms with van der Waals surface area (Å²) in [7, 11) is 0. The van der Waals surface area contributed by atoms with E-state index in [1.165, 1.54) is 0 Å². The standard InChI is InChI=1S/C13H23N3O/c1-5-11(10(4)15-6-2)12-8-14-9-13(16-12)17-7-3/h8-11,15H,5-7H2,1-4H3. The topological polar surface area (TPSA) is 47.0 Å². The lowest BCUT2D eigenvalue weighted by molar-refractivity contribution is 0.321. The van der Waals surface area contributed by atoms with Gasteiger partial charge in [-0.25, -0.2) is 4.98 Å². The molecule has 0 aliphatic rings. The lowest BCUT2D eigenvalue weighted by Crippen LogP contribution is -2.32. The van der Waals surface area contributed by atoms with Crippen LogP contribution < -0.4 is 10.1 Å².